The fourth-order valence-corrected chi connectivity index (χ4v) is 2.83. The molecule has 5 heteroatoms. The van der Waals surface area contributed by atoms with Crippen molar-refractivity contribution in [3.05, 3.63) is 35.6 Å². The van der Waals surface area contributed by atoms with Gasteiger partial charge in [0.2, 0.25) is 0 Å². The topological polar surface area (TPSA) is 32.7 Å². The molecule has 1 heterocycles. The second-order valence-corrected chi connectivity index (χ2v) is 5.67. The monoisotopic (exact) mass is 340 g/mol. The minimum Gasteiger partial charge on any atom is -0.298 e. The highest BCUT2D eigenvalue weighted by Crippen LogP contribution is 2.36. The number of benzene rings is 1. The Morgan fingerprint density at radius 3 is 2.55 bits per heavy atom. The van der Waals surface area contributed by atoms with Gasteiger partial charge in [-0.3, -0.25) is 14.7 Å². The van der Waals surface area contributed by atoms with Gasteiger partial charge in [0.25, 0.3) is 5.91 Å². The van der Waals surface area contributed by atoms with Crippen LogP contribution in [-0.2, 0) is 10.3 Å². The summed E-state index contributed by atoms with van der Waals surface area (Å²) in [7, 11) is 0. The Balaban J connectivity index is 2.37. The summed E-state index contributed by atoms with van der Waals surface area (Å²) in [6.07, 6.45) is 1.45. The Bertz CT molecular complexity index is 529. The molecular weight excluding hydrogens is 323 g/mol. The van der Waals surface area contributed by atoms with Crippen molar-refractivity contribution in [3.8, 4) is 0 Å². The van der Waals surface area contributed by atoms with E-state index in [1.807, 2.05) is 13.8 Å². The molecule has 0 radical (unpaired) electrons. The van der Waals surface area contributed by atoms with Gasteiger partial charge in [-0.1, -0.05) is 35.0 Å². The van der Waals surface area contributed by atoms with Crippen LogP contribution in [0.3, 0.4) is 0 Å². The van der Waals surface area contributed by atoms with E-state index in [2.05, 4.69) is 20.9 Å². The van der Waals surface area contributed by atoms with Gasteiger partial charge in [-0.2, -0.15) is 0 Å². The van der Waals surface area contributed by atoms with Crippen LogP contribution in [0, 0.1) is 5.82 Å². The van der Waals surface area contributed by atoms with Gasteiger partial charge in [0.1, 0.15) is 11.7 Å². The fourth-order valence-electron chi connectivity index (χ4n) is 2.58. The number of hydrogen-bond acceptors (Lipinski definition) is 2. The summed E-state index contributed by atoms with van der Waals surface area (Å²) < 4.78 is 13.1. The lowest BCUT2D eigenvalue weighted by Gasteiger charge is -2.25. The summed E-state index contributed by atoms with van der Waals surface area (Å²) in [5.74, 6) is 0.425. The maximum absolute atomic E-state index is 13.1. The van der Waals surface area contributed by atoms with Crippen LogP contribution in [0.2, 0.25) is 0 Å². The third-order valence-electron chi connectivity index (χ3n) is 3.69. The van der Waals surface area contributed by atoms with E-state index >= 15 is 0 Å². The standard InChI is InChI=1S/C15H18BrFN2O/c1-3-15(12-5-7-13(17)8-6-12)14(20)19(10-4-9-16)11(2)18-15/h5-8H,3-4,9-10H2,1-2H3/t15-/m1/s1. The minimum absolute atomic E-state index is 0.00921. The van der Waals surface area contributed by atoms with Crippen molar-refractivity contribution in [3.63, 3.8) is 0 Å². The summed E-state index contributed by atoms with van der Waals surface area (Å²) in [6.45, 7) is 4.45. The first-order valence-corrected chi connectivity index (χ1v) is 7.87. The molecule has 0 N–H and O–H groups in total. The molecule has 0 saturated carbocycles. The number of nitrogens with zero attached hydrogens (tertiary/aromatic N) is 2. The van der Waals surface area contributed by atoms with E-state index in [4.69, 9.17) is 0 Å². The lowest BCUT2D eigenvalue weighted by atomic mass is 9.87. The number of carbonyl (C=O) groups excluding carboxylic acids is 1. The predicted octanol–water partition coefficient (Wildman–Crippen LogP) is 3.48. The lowest BCUT2D eigenvalue weighted by molar-refractivity contribution is -0.131. The average molecular weight is 341 g/mol. The van der Waals surface area contributed by atoms with Gasteiger partial charge in [-0.15, -0.1) is 0 Å². The van der Waals surface area contributed by atoms with Crippen molar-refractivity contribution in [2.24, 2.45) is 4.99 Å². The smallest absolute Gasteiger partial charge is 0.260 e. The quantitative estimate of drug-likeness (QED) is 0.755. The van der Waals surface area contributed by atoms with E-state index < -0.39 is 5.54 Å². The third-order valence-corrected chi connectivity index (χ3v) is 4.25. The second-order valence-electron chi connectivity index (χ2n) is 4.88. The van der Waals surface area contributed by atoms with E-state index in [1.165, 1.54) is 12.1 Å². The molecule has 0 aliphatic carbocycles. The highest BCUT2D eigenvalue weighted by molar-refractivity contribution is 9.09. The first-order valence-electron chi connectivity index (χ1n) is 6.75. The minimum atomic E-state index is -0.885. The van der Waals surface area contributed by atoms with Crippen molar-refractivity contribution in [2.45, 2.75) is 32.2 Å². The first-order chi connectivity index (χ1) is 9.55. The van der Waals surface area contributed by atoms with Gasteiger partial charge in [0, 0.05) is 11.9 Å². The van der Waals surface area contributed by atoms with Crippen LogP contribution in [0.1, 0.15) is 32.3 Å². The molecule has 0 aromatic heterocycles. The molecule has 1 aromatic rings. The highest BCUT2D eigenvalue weighted by Gasteiger charge is 2.46. The molecule has 1 amide bonds. The Kier molecular flexibility index (Phi) is 4.58. The zero-order valence-corrected chi connectivity index (χ0v) is 13.3. The third kappa shape index (κ3) is 2.51. The van der Waals surface area contributed by atoms with E-state index in [0.717, 1.165) is 23.1 Å². The normalized spacial score (nSPS) is 22.3. The SMILES string of the molecule is CC[C@]1(c2ccc(F)cc2)N=C(C)N(CCCBr)C1=O. The molecular formula is C15H18BrFN2O. The Morgan fingerprint density at radius 1 is 1.35 bits per heavy atom. The zero-order chi connectivity index (χ0) is 14.8. The van der Waals surface area contributed by atoms with Crippen LogP contribution in [0.4, 0.5) is 4.39 Å². The molecule has 1 aliphatic rings. The summed E-state index contributed by atoms with van der Waals surface area (Å²) in [5, 5.41) is 0.847. The van der Waals surface area contributed by atoms with Gasteiger partial charge >= 0.3 is 0 Å². The Hall–Kier alpha value is -1.23. The van der Waals surface area contributed by atoms with Crippen molar-refractivity contribution in [1.29, 1.82) is 0 Å². The molecule has 0 unspecified atom stereocenters. The van der Waals surface area contributed by atoms with Crippen LogP contribution in [0.15, 0.2) is 29.3 Å². The fraction of sp³-hybridized carbons (Fsp3) is 0.467. The predicted molar refractivity (Wildman–Crippen MR) is 81.6 cm³/mol. The van der Waals surface area contributed by atoms with Crippen molar-refractivity contribution < 1.29 is 9.18 Å². The Morgan fingerprint density at radius 2 is 2.00 bits per heavy atom. The number of hydrogen-bond donors (Lipinski definition) is 0. The van der Waals surface area contributed by atoms with E-state index in [9.17, 15) is 9.18 Å². The summed E-state index contributed by atoms with van der Waals surface area (Å²) >= 11 is 3.38. The van der Waals surface area contributed by atoms with Crippen LogP contribution in [0.25, 0.3) is 0 Å². The maximum atomic E-state index is 13.1. The van der Waals surface area contributed by atoms with Crippen LogP contribution in [0.5, 0.6) is 0 Å². The molecule has 0 bridgehead atoms. The van der Waals surface area contributed by atoms with Gasteiger partial charge in [-0.25, -0.2) is 4.39 Å². The molecule has 0 fully saturated rings. The highest BCUT2D eigenvalue weighted by atomic mass is 79.9. The van der Waals surface area contributed by atoms with Crippen LogP contribution >= 0.6 is 15.9 Å². The van der Waals surface area contributed by atoms with Gasteiger partial charge in [0.15, 0.2) is 5.54 Å². The lowest BCUT2D eigenvalue weighted by Crippen LogP contribution is -2.40. The maximum Gasteiger partial charge on any atom is 0.260 e. The first kappa shape index (κ1) is 15.2. The number of amides is 1. The number of carbonyl (C=O) groups is 1. The molecule has 108 valence electrons. The molecule has 0 spiro atoms. The Labute approximate surface area is 127 Å². The van der Waals surface area contributed by atoms with Crippen molar-refractivity contribution >= 4 is 27.7 Å². The molecule has 1 aromatic carbocycles. The van der Waals surface area contributed by atoms with E-state index in [0.29, 0.717) is 13.0 Å². The second kappa shape index (κ2) is 6.04. The largest absolute Gasteiger partial charge is 0.298 e. The average Bonchev–Trinajstić information content (AvgIpc) is 2.69. The summed E-state index contributed by atoms with van der Waals surface area (Å²) in [4.78, 5) is 19.1. The number of aliphatic imine (C=N–C) groups is 1. The van der Waals surface area contributed by atoms with Crippen molar-refractivity contribution in [2.75, 3.05) is 11.9 Å². The zero-order valence-electron chi connectivity index (χ0n) is 11.7. The van der Waals surface area contributed by atoms with E-state index in [-0.39, 0.29) is 11.7 Å². The van der Waals surface area contributed by atoms with E-state index in [1.54, 1.807) is 17.0 Å². The number of halogens is 2. The number of amidine groups is 1. The molecule has 1 aliphatic heterocycles. The molecule has 0 saturated heterocycles. The van der Waals surface area contributed by atoms with Gasteiger partial charge in [0.05, 0.1) is 0 Å². The molecule has 3 nitrogen and oxygen atoms in total. The van der Waals surface area contributed by atoms with Crippen molar-refractivity contribution in [1.82, 2.24) is 4.90 Å². The number of rotatable bonds is 5. The van der Waals surface area contributed by atoms with Crippen LogP contribution in [-0.4, -0.2) is 28.5 Å². The van der Waals surface area contributed by atoms with Gasteiger partial charge in [-0.05, 0) is 37.5 Å². The molecule has 20 heavy (non-hydrogen) atoms. The van der Waals surface area contributed by atoms with Crippen LogP contribution < -0.4 is 0 Å². The molecule has 2 rings (SSSR count). The van der Waals surface area contributed by atoms with Gasteiger partial charge < -0.3 is 0 Å². The summed E-state index contributed by atoms with van der Waals surface area (Å²) in [5.41, 5.74) is -0.128. The summed E-state index contributed by atoms with van der Waals surface area (Å²) in [6, 6.07) is 6.07. The number of alkyl halides is 1. The molecule has 1 atom stereocenters.